The predicted octanol–water partition coefficient (Wildman–Crippen LogP) is 3.04. The first-order chi connectivity index (χ1) is 10.1. The monoisotopic (exact) mass is 303 g/mol. The van der Waals surface area contributed by atoms with Gasteiger partial charge in [0, 0.05) is 16.8 Å². The molecule has 110 valence electrons. The minimum Gasteiger partial charge on any atom is -0.478 e. The fraction of sp³-hybridized carbons (Fsp3) is 0.400. The molecule has 21 heavy (non-hydrogen) atoms. The molecule has 0 fully saturated rings. The zero-order chi connectivity index (χ0) is 14.8. The molecule has 2 N–H and O–H groups in total. The summed E-state index contributed by atoms with van der Waals surface area (Å²) < 4.78 is 0. The fourth-order valence-corrected chi connectivity index (χ4v) is 3.32. The summed E-state index contributed by atoms with van der Waals surface area (Å²) in [4.78, 5) is 21.3. The normalized spacial score (nSPS) is 13.8. The number of nitrogens with one attached hydrogen (secondary N) is 1. The van der Waals surface area contributed by atoms with Crippen LogP contribution in [0.3, 0.4) is 0 Å². The number of thiazole rings is 1. The summed E-state index contributed by atoms with van der Waals surface area (Å²) >= 11 is 1.60. The zero-order valence-corrected chi connectivity index (χ0v) is 12.7. The van der Waals surface area contributed by atoms with Crippen LogP contribution in [-0.2, 0) is 19.4 Å². The molecule has 2 heterocycles. The van der Waals surface area contributed by atoms with Crippen molar-refractivity contribution in [2.75, 3.05) is 5.32 Å². The number of carbonyl (C=O) groups is 1. The van der Waals surface area contributed by atoms with Gasteiger partial charge in [0.05, 0.1) is 11.6 Å². The first kappa shape index (κ1) is 14.0. The Bertz CT molecular complexity index is 682. The first-order valence-electron chi connectivity index (χ1n) is 7.05. The number of fused-ring (bicyclic) bond motifs is 1. The molecule has 1 aliphatic rings. The highest BCUT2D eigenvalue weighted by Crippen LogP contribution is 2.25. The molecule has 0 radical (unpaired) electrons. The Morgan fingerprint density at radius 3 is 2.95 bits per heavy atom. The molecule has 5 nitrogen and oxygen atoms in total. The van der Waals surface area contributed by atoms with Crippen LogP contribution in [0.25, 0.3) is 0 Å². The summed E-state index contributed by atoms with van der Waals surface area (Å²) in [5.74, 6) is -0.465. The molecule has 0 saturated carbocycles. The van der Waals surface area contributed by atoms with Gasteiger partial charge in [-0.2, -0.15) is 0 Å². The molecule has 0 unspecified atom stereocenters. The van der Waals surface area contributed by atoms with Crippen LogP contribution in [0.5, 0.6) is 0 Å². The molecule has 0 atom stereocenters. The van der Waals surface area contributed by atoms with E-state index in [1.165, 1.54) is 0 Å². The van der Waals surface area contributed by atoms with Crippen molar-refractivity contribution in [3.05, 3.63) is 39.0 Å². The second-order valence-corrected chi connectivity index (χ2v) is 6.52. The molecule has 0 spiro atoms. The maximum atomic E-state index is 11.4. The molecule has 0 aliphatic heterocycles. The number of aryl methyl sites for hydroxylation is 3. The number of carboxylic acid groups (broad SMARTS) is 1. The Morgan fingerprint density at radius 2 is 2.24 bits per heavy atom. The molecule has 2 aromatic rings. The van der Waals surface area contributed by atoms with Crippen molar-refractivity contribution in [1.29, 1.82) is 0 Å². The van der Waals surface area contributed by atoms with Gasteiger partial charge in [-0.05, 0) is 44.2 Å². The van der Waals surface area contributed by atoms with Gasteiger partial charge in [-0.1, -0.05) is 0 Å². The van der Waals surface area contributed by atoms with Crippen molar-refractivity contribution >= 4 is 23.1 Å². The number of hydrogen-bond donors (Lipinski definition) is 2. The molecular formula is C15H17N3O2S. The van der Waals surface area contributed by atoms with Gasteiger partial charge in [0.2, 0.25) is 0 Å². The summed E-state index contributed by atoms with van der Waals surface area (Å²) in [5.41, 5.74) is 2.38. The number of aromatic nitrogens is 2. The van der Waals surface area contributed by atoms with Gasteiger partial charge in [0.15, 0.2) is 0 Å². The Labute approximate surface area is 127 Å². The third kappa shape index (κ3) is 3.05. The van der Waals surface area contributed by atoms with E-state index in [2.05, 4.69) is 15.3 Å². The molecule has 0 amide bonds. The van der Waals surface area contributed by atoms with Crippen molar-refractivity contribution < 1.29 is 9.90 Å². The summed E-state index contributed by atoms with van der Waals surface area (Å²) in [7, 11) is 0. The number of hydrogen-bond acceptors (Lipinski definition) is 5. The van der Waals surface area contributed by atoms with Gasteiger partial charge in [-0.3, -0.25) is 0 Å². The SMILES string of the molecule is Cc1ncc(CNc2nc3c(cc2C(=O)O)CCCC3)s1. The lowest BCUT2D eigenvalue weighted by Crippen LogP contribution is -2.13. The molecule has 0 saturated heterocycles. The van der Waals surface area contributed by atoms with E-state index in [0.29, 0.717) is 12.4 Å². The first-order valence-corrected chi connectivity index (χ1v) is 7.86. The van der Waals surface area contributed by atoms with Crippen molar-refractivity contribution in [3.63, 3.8) is 0 Å². The van der Waals surface area contributed by atoms with Gasteiger partial charge in [0.1, 0.15) is 11.4 Å². The molecule has 0 bridgehead atoms. The summed E-state index contributed by atoms with van der Waals surface area (Å²) in [5, 5.41) is 13.5. The van der Waals surface area contributed by atoms with Crippen LogP contribution in [0.4, 0.5) is 5.82 Å². The van der Waals surface area contributed by atoms with Crippen LogP contribution in [0.2, 0.25) is 0 Å². The number of pyridine rings is 1. The predicted molar refractivity (Wildman–Crippen MR) is 82.0 cm³/mol. The maximum absolute atomic E-state index is 11.4. The summed E-state index contributed by atoms with van der Waals surface area (Å²) in [6, 6.07) is 1.78. The quantitative estimate of drug-likeness (QED) is 0.908. The standard InChI is InChI=1S/C15H17N3O2S/c1-9-16-7-11(21-9)8-17-14-12(15(19)20)6-10-4-2-3-5-13(10)18-14/h6-7H,2-5,8H2,1H3,(H,17,18)(H,19,20). The van der Waals surface area contributed by atoms with Gasteiger partial charge in [-0.25, -0.2) is 14.8 Å². The molecular weight excluding hydrogens is 286 g/mol. The van der Waals surface area contributed by atoms with E-state index in [0.717, 1.165) is 46.8 Å². The van der Waals surface area contributed by atoms with E-state index in [1.54, 1.807) is 17.4 Å². The average molecular weight is 303 g/mol. The van der Waals surface area contributed by atoms with Gasteiger partial charge in [-0.15, -0.1) is 11.3 Å². The minimum absolute atomic E-state index is 0.261. The molecule has 1 aliphatic carbocycles. The van der Waals surface area contributed by atoms with Crippen LogP contribution >= 0.6 is 11.3 Å². The topological polar surface area (TPSA) is 75.1 Å². The van der Waals surface area contributed by atoms with Crippen molar-refractivity contribution in [3.8, 4) is 0 Å². The van der Waals surface area contributed by atoms with Gasteiger partial charge in [0.25, 0.3) is 0 Å². The van der Waals surface area contributed by atoms with E-state index in [9.17, 15) is 9.90 Å². The lowest BCUT2D eigenvalue weighted by atomic mass is 9.95. The third-order valence-electron chi connectivity index (χ3n) is 3.63. The van der Waals surface area contributed by atoms with Crippen LogP contribution < -0.4 is 5.32 Å². The van der Waals surface area contributed by atoms with Crippen LogP contribution in [-0.4, -0.2) is 21.0 Å². The van der Waals surface area contributed by atoms with Crippen LogP contribution in [0.15, 0.2) is 12.3 Å². The number of nitrogens with zero attached hydrogens (tertiary/aromatic N) is 2. The van der Waals surface area contributed by atoms with Gasteiger partial charge >= 0.3 is 5.97 Å². The Hall–Kier alpha value is -1.95. The number of aromatic carboxylic acids is 1. The van der Waals surface area contributed by atoms with E-state index in [4.69, 9.17) is 0 Å². The third-order valence-corrected chi connectivity index (χ3v) is 4.54. The van der Waals surface area contributed by atoms with Crippen LogP contribution in [0, 0.1) is 6.92 Å². The van der Waals surface area contributed by atoms with Crippen LogP contribution in [0.1, 0.15) is 44.3 Å². The summed E-state index contributed by atoms with van der Waals surface area (Å²) in [6.07, 6.45) is 5.91. The lowest BCUT2D eigenvalue weighted by Gasteiger charge is -2.18. The molecule has 6 heteroatoms. The van der Waals surface area contributed by atoms with Crippen molar-refractivity contribution in [2.45, 2.75) is 39.2 Å². The Balaban J connectivity index is 1.87. The highest BCUT2D eigenvalue weighted by molar-refractivity contribution is 7.11. The highest BCUT2D eigenvalue weighted by atomic mass is 32.1. The number of rotatable bonds is 4. The lowest BCUT2D eigenvalue weighted by molar-refractivity contribution is 0.0697. The van der Waals surface area contributed by atoms with Crippen molar-refractivity contribution in [1.82, 2.24) is 9.97 Å². The number of anilines is 1. The van der Waals surface area contributed by atoms with Crippen molar-refractivity contribution in [2.24, 2.45) is 0 Å². The van der Waals surface area contributed by atoms with Gasteiger partial charge < -0.3 is 10.4 Å². The molecule has 3 rings (SSSR count). The average Bonchev–Trinajstić information content (AvgIpc) is 2.89. The second kappa shape index (κ2) is 5.81. The highest BCUT2D eigenvalue weighted by Gasteiger charge is 2.18. The minimum atomic E-state index is -0.932. The van der Waals surface area contributed by atoms with E-state index >= 15 is 0 Å². The van der Waals surface area contributed by atoms with E-state index in [-0.39, 0.29) is 5.56 Å². The van der Waals surface area contributed by atoms with E-state index < -0.39 is 5.97 Å². The Kier molecular flexibility index (Phi) is 3.88. The largest absolute Gasteiger partial charge is 0.478 e. The molecule has 0 aromatic carbocycles. The zero-order valence-electron chi connectivity index (χ0n) is 11.8. The summed E-state index contributed by atoms with van der Waals surface area (Å²) in [6.45, 7) is 2.51. The van der Waals surface area contributed by atoms with E-state index in [1.807, 2.05) is 13.1 Å². The Morgan fingerprint density at radius 1 is 1.43 bits per heavy atom. The second-order valence-electron chi connectivity index (χ2n) is 5.20. The smallest absolute Gasteiger partial charge is 0.339 e. The fourth-order valence-electron chi connectivity index (χ4n) is 2.59. The number of carboxylic acids is 1. The molecule has 2 aromatic heterocycles. The maximum Gasteiger partial charge on any atom is 0.339 e.